The molecule has 3 aromatic carbocycles. The zero-order valence-electron chi connectivity index (χ0n) is 45.5. The Morgan fingerprint density at radius 2 is 0.710 bits per heavy atom. The van der Waals surface area contributed by atoms with Crippen LogP contribution in [0.3, 0.4) is 0 Å². The Kier molecular flexibility index (Phi) is 30.6. The second-order valence-electron chi connectivity index (χ2n) is 18.4. The van der Waals surface area contributed by atoms with Crippen molar-refractivity contribution in [2.24, 2.45) is 0 Å². The number of pyridine rings is 3. The summed E-state index contributed by atoms with van der Waals surface area (Å²) < 4.78 is 0. The van der Waals surface area contributed by atoms with Crippen LogP contribution in [0.15, 0.2) is 91.0 Å². The van der Waals surface area contributed by atoms with Gasteiger partial charge in [-0.2, -0.15) is 0 Å². The van der Waals surface area contributed by atoms with Gasteiger partial charge in [0, 0.05) is 12.1 Å². The molecule has 370 valence electrons. The fourth-order valence-electron chi connectivity index (χ4n) is 8.96. The van der Waals surface area contributed by atoms with Gasteiger partial charge in [0.1, 0.15) is 5.82 Å². The van der Waals surface area contributed by atoms with Gasteiger partial charge in [0.15, 0.2) is 0 Å². The van der Waals surface area contributed by atoms with Gasteiger partial charge < -0.3 is 40.8 Å². The standard InChI is InChI=1S/C20H28N2.2C20H27N2.2CH3.Zr/c3*1-5-6-7-8-12-21-19-11-9-10-18(22-19)20-16(3)13-15(2)14-17(20)4;;;/h9-11,13-14H,5-8,12H2,1-4H3,(H,21,22);2*9-11,13-14H,5-8,12H2,1-4H3;2*1H3;/q;4*-1;+4. The van der Waals surface area contributed by atoms with Crippen LogP contribution < -0.4 is 5.32 Å². The number of hydrogen-bond donors (Lipinski definition) is 1. The van der Waals surface area contributed by atoms with Crippen molar-refractivity contribution in [2.75, 3.05) is 25.0 Å². The average molecular weight is 1010 g/mol. The van der Waals surface area contributed by atoms with E-state index in [2.05, 4.69) is 178 Å². The number of aromatic nitrogens is 3. The van der Waals surface area contributed by atoms with E-state index >= 15 is 0 Å². The zero-order chi connectivity index (χ0) is 47.8. The molecule has 69 heavy (non-hydrogen) atoms. The van der Waals surface area contributed by atoms with Crippen LogP contribution in [0.5, 0.6) is 0 Å². The third-order valence-electron chi connectivity index (χ3n) is 11.9. The van der Waals surface area contributed by atoms with Crippen LogP contribution in [0.2, 0.25) is 0 Å². The number of anilines is 1. The van der Waals surface area contributed by atoms with Crippen molar-refractivity contribution in [3.8, 4) is 33.8 Å². The Morgan fingerprint density at radius 3 is 1.06 bits per heavy atom. The summed E-state index contributed by atoms with van der Waals surface area (Å²) in [7, 11) is 0. The second kappa shape index (κ2) is 33.8. The summed E-state index contributed by atoms with van der Waals surface area (Å²) in [5.74, 6) is 2.69. The van der Waals surface area contributed by atoms with E-state index in [0.29, 0.717) is 0 Å². The van der Waals surface area contributed by atoms with Crippen LogP contribution in [-0.2, 0) is 26.2 Å². The minimum atomic E-state index is 0. The molecule has 0 unspecified atom stereocenters. The molecule has 1 N–H and O–H groups in total. The molecule has 7 heteroatoms. The van der Waals surface area contributed by atoms with Gasteiger partial charge in [-0.25, -0.2) is 4.98 Å². The maximum atomic E-state index is 4.80. The van der Waals surface area contributed by atoms with Crippen LogP contribution in [0.1, 0.15) is 148 Å². The number of rotatable bonds is 21. The van der Waals surface area contributed by atoms with E-state index in [1.165, 1.54) is 131 Å². The molecule has 0 radical (unpaired) electrons. The first-order valence-electron chi connectivity index (χ1n) is 25.1. The van der Waals surface area contributed by atoms with E-state index in [0.717, 1.165) is 67.0 Å². The number of unbranched alkanes of at least 4 members (excludes halogenated alkanes) is 9. The first kappa shape index (κ1) is 62.4. The largest absolute Gasteiger partial charge is 4.00 e. The molecule has 0 fully saturated rings. The molecule has 0 aliphatic rings. The normalized spacial score (nSPS) is 10.3. The molecule has 3 aromatic heterocycles. The van der Waals surface area contributed by atoms with Gasteiger partial charge in [0.2, 0.25) is 0 Å². The number of nitrogens with one attached hydrogen (secondary N) is 1. The summed E-state index contributed by atoms with van der Waals surface area (Å²) in [6, 6.07) is 31.9. The molecule has 6 aromatic rings. The van der Waals surface area contributed by atoms with Gasteiger partial charge >= 0.3 is 26.2 Å². The number of aryl methyl sites for hydroxylation is 9. The van der Waals surface area contributed by atoms with E-state index in [4.69, 9.17) is 15.0 Å². The molecule has 6 rings (SSSR count). The van der Waals surface area contributed by atoms with E-state index < -0.39 is 0 Å². The maximum Gasteiger partial charge on any atom is 4.00 e. The molecular formula is C62H88N6Zr. The Bertz CT molecular complexity index is 2050. The summed E-state index contributed by atoms with van der Waals surface area (Å²) in [5.41, 5.74) is 18.5. The molecule has 6 nitrogen and oxygen atoms in total. The maximum absolute atomic E-state index is 4.80. The molecule has 3 heterocycles. The summed E-state index contributed by atoms with van der Waals surface area (Å²) in [6.45, 7) is 28.8. The monoisotopic (exact) mass is 1010 g/mol. The Labute approximate surface area is 441 Å². The minimum absolute atomic E-state index is 0. The minimum Gasteiger partial charge on any atom is -0.466 e. The predicted molar refractivity (Wildman–Crippen MR) is 301 cm³/mol. The smallest absolute Gasteiger partial charge is 0.466 e. The predicted octanol–water partition coefficient (Wildman–Crippen LogP) is 19.1. The first-order chi connectivity index (χ1) is 31.8. The number of hydrogen-bond acceptors (Lipinski definition) is 4. The molecule has 0 aliphatic heterocycles. The van der Waals surface area contributed by atoms with E-state index in [9.17, 15) is 0 Å². The van der Waals surface area contributed by atoms with Gasteiger partial charge in [0.05, 0.1) is 5.69 Å². The van der Waals surface area contributed by atoms with Crippen molar-refractivity contribution in [3.05, 3.63) is 167 Å². The van der Waals surface area contributed by atoms with Crippen LogP contribution in [-0.4, -0.2) is 34.6 Å². The molecular weight excluding hydrogens is 920 g/mol. The molecule has 0 amide bonds. The number of benzene rings is 3. The van der Waals surface area contributed by atoms with Crippen molar-refractivity contribution in [2.45, 2.75) is 160 Å². The Morgan fingerprint density at radius 1 is 0.391 bits per heavy atom. The third kappa shape index (κ3) is 21.1. The Hall–Kier alpha value is -4.61. The number of nitrogens with zero attached hydrogens (tertiary/aromatic N) is 5. The quantitative estimate of drug-likeness (QED) is 0.0575. The second-order valence-corrected chi connectivity index (χ2v) is 18.4. The molecule has 0 spiro atoms. The molecule has 0 bridgehead atoms. The van der Waals surface area contributed by atoms with Crippen molar-refractivity contribution < 1.29 is 26.2 Å². The van der Waals surface area contributed by atoms with E-state index in [1.54, 1.807) is 0 Å². The van der Waals surface area contributed by atoms with Crippen LogP contribution in [0, 0.1) is 77.2 Å². The molecule has 0 atom stereocenters. The van der Waals surface area contributed by atoms with Gasteiger partial charge in [-0.15, -0.1) is 0 Å². The topological polar surface area (TPSA) is 78.9 Å². The SMILES string of the molecule is CCCCCCNc1cccc(-c2c(C)cc(C)cc2C)n1.CCCCCC[N-]c1cccc(-c2c(C)cc(C)cc2C)n1.CCCCCC[N-]c1cccc(-c2c(C)cc(C)cc2C)n1.[CH3-].[CH3-].[Zr+4]. The summed E-state index contributed by atoms with van der Waals surface area (Å²) >= 11 is 0. The fourth-order valence-corrected chi connectivity index (χ4v) is 8.96. The molecule has 0 aliphatic carbocycles. The fraction of sp³-hybridized carbons (Fsp3) is 0.435. The van der Waals surface area contributed by atoms with E-state index in [1.807, 2.05) is 12.1 Å². The van der Waals surface area contributed by atoms with Gasteiger partial charge in [0.25, 0.3) is 0 Å². The van der Waals surface area contributed by atoms with Crippen LogP contribution in [0.25, 0.3) is 44.4 Å². The van der Waals surface area contributed by atoms with Gasteiger partial charge in [-0.1, -0.05) is 212 Å². The zero-order valence-corrected chi connectivity index (χ0v) is 48.0. The molecule has 0 saturated heterocycles. The van der Waals surface area contributed by atoms with Crippen molar-refractivity contribution in [1.29, 1.82) is 0 Å². The summed E-state index contributed by atoms with van der Waals surface area (Å²) in [4.78, 5) is 14.3. The van der Waals surface area contributed by atoms with Crippen molar-refractivity contribution >= 4 is 17.5 Å². The van der Waals surface area contributed by atoms with Crippen molar-refractivity contribution in [3.63, 3.8) is 0 Å². The average Bonchev–Trinajstić information content (AvgIpc) is 3.26. The first-order valence-corrected chi connectivity index (χ1v) is 25.1. The summed E-state index contributed by atoms with van der Waals surface area (Å²) in [6.07, 6.45) is 15.0. The third-order valence-corrected chi connectivity index (χ3v) is 11.9. The van der Waals surface area contributed by atoms with Crippen molar-refractivity contribution in [1.82, 2.24) is 15.0 Å². The molecule has 0 saturated carbocycles. The Balaban J connectivity index is 0.000000506. The van der Waals surface area contributed by atoms with Crippen LogP contribution in [0.4, 0.5) is 17.5 Å². The van der Waals surface area contributed by atoms with E-state index in [-0.39, 0.29) is 41.1 Å². The van der Waals surface area contributed by atoms with Gasteiger partial charge in [-0.3, -0.25) is 0 Å². The van der Waals surface area contributed by atoms with Crippen LogP contribution >= 0.6 is 0 Å². The summed E-state index contributed by atoms with van der Waals surface area (Å²) in [5, 5.41) is 12.7. The van der Waals surface area contributed by atoms with Gasteiger partial charge in [-0.05, 0) is 137 Å².